The maximum absolute atomic E-state index is 10.9. The molecular weight excluding hydrogens is 322 g/mol. The number of nitrogens with zero attached hydrogens (tertiary/aromatic N) is 2. The van der Waals surface area contributed by atoms with Gasteiger partial charge in [0.25, 0.3) is 0 Å². The summed E-state index contributed by atoms with van der Waals surface area (Å²) in [5, 5.41) is 14.4. The van der Waals surface area contributed by atoms with E-state index in [1.807, 2.05) is 18.2 Å². The van der Waals surface area contributed by atoms with Gasteiger partial charge in [0.1, 0.15) is 5.75 Å². The predicted molar refractivity (Wildman–Crippen MR) is 107 cm³/mol. The van der Waals surface area contributed by atoms with Crippen molar-refractivity contribution in [2.24, 2.45) is 0 Å². The number of benzene rings is 2. The van der Waals surface area contributed by atoms with Crippen molar-refractivity contribution in [1.82, 2.24) is 9.80 Å². The third kappa shape index (κ3) is 4.19. The summed E-state index contributed by atoms with van der Waals surface area (Å²) in [6, 6.07) is 14.5. The molecule has 0 amide bonds. The Labute approximate surface area is 156 Å². The number of phenols is 1. The first kappa shape index (κ1) is 17.4. The van der Waals surface area contributed by atoms with E-state index in [4.69, 9.17) is 0 Å². The van der Waals surface area contributed by atoms with Crippen LogP contribution in [-0.4, -0.2) is 41.1 Å². The maximum Gasteiger partial charge on any atom is 0.124 e. The van der Waals surface area contributed by atoms with Gasteiger partial charge in [-0.3, -0.25) is 9.80 Å². The molecule has 0 unspecified atom stereocenters. The van der Waals surface area contributed by atoms with E-state index in [1.54, 1.807) is 0 Å². The van der Waals surface area contributed by atoms with E-state index in [0.717, 1.165) is 61.8 Å². The van der Waals surface area contributed by atoms with E-state index in [1.165, 1.54) is 25.7 Å². The minimum Gasteiger partial charge on any atom is -0.507 e. The lowest BCUT2D eigenvalue weighted by atomic mass is 10.1. The quantitative estimate of drug-likeness (QED) is 0.760. The number of likely N-dealkylation sites (tertiary alicyclic amines) is 2. The van der Waals surface area contributed by atoms with Gasteiger partial charge in [-0.05, 0) is 76.1 Å². The Morgan fingerprint density at radius 3 is 1.73 bits per heavy atom. The van der Waals surface area contributed by atoms with Gasteiger partial charge in [0, 0.05) is 35.6 Å². The zero-order valence-corrected chi connectivity index (χ0v) is 15.5. The highest BCUT2D eigenvalue weighted by Gasteiger charge is 2.19. The lowest BCUT2D eigenvalue weighted by molar-refractivity contribution is 0.312. The zero-order chi connectivity index (χ0) is 17.8. The first-order valence-electron chi connectivity index (χ1n) is 9.89. The van der Waals surface area contributed by atoms with Gasteiger partial charge in [0.15, 0.2) is 0 Å². The van der Waals surface area contributed by atoms with Crippen LogP contribution in [0.2, 0.25) is 0 Å². The standard InChI is InChI=1S/C22H29N3O/c26-22-18(16-24-10-4-5-11-24)14-21(23-20-8-2-1-3-9-20)15-19(22)17-25-12-6-7-13-25/h1-3,8-9,14-15,23,26H,4-7,10-13,16-17H2. The molecule has 4 nitrogen and oxygen atoms in total. The predicted octanol–water partition coefficient (Wildman–Crippen LogP) is 4.33. The molecule has 0 bridgehead atoms. The number of para-hydroxylation sites is 1. The summed E-state index contributed by atoms with van der Waals surface area (Å²) < 4.78 is 0. The molecule has 0 radical (unpaired) electrons. The smallest absolute Gasteiger partial charge is 0.124 e. The Kier molecular flexibility index (Phi) is 5.42. The lowest BCUT2D eigenvalue weighted by Crippen LogP contribution is -2.20. The van der Waals surface area contributed by atoms with Crippen molar-refractivity contribution in [2.45, 2.75) is 38.8 Å². The second-order valence-corrected chi connectivity index (χ2v) is 7.60. The number of rotatable bonds is 6. The molecule has 0 saturated carbocycles. The van der Waals surface area contributed by atoms with Crippen LogP contribution in [0.1, 0.15) is 36.8 Å². The van der Waals surface area contributed by atoms with Crippen LogP contribution in [0.4, 0.5) is 11.4 Å². The van der Waals surface area contributed by atoms with Crippen LogP contribution < -0.4 is 5.32 Å². The van der Waals surface area contributed by atoms with Gasteiger partial charge < -0.3 is 10.4 Å². The zero-order valence-electron chi connectivity index (χ0n) is 15.5. The number of hydrogen-bond donors (Lipinski definition) is 2. The van der Waals surface area contributed by atoms with E-state index >= 15 is 0 Å². The second kappa shape index (κ2) is 8.11. The van der Waals surface area contributed by atoms with Crippen LogP contribution in [0.3, 0.4) is 0 Å². The van der Waals surface area contributed by atoms with Gasteiger partial charge in [-0.1, -0.05) is 18.2 Å². The minimum atomic E-state index is 0.488. The second-order valence-electron chi connectivity index (χ2n) is 7.60. The number of aromatic hydroxyl groups is 1. The molecule has 0 atom stereocenters. The van der Waals surface area contributed by atoms with Crippen molar-refractivity contribution in [2.75, 3.05) is 31.5 Å². The topological polar surface area (TPSA) is 38.7 Å². The van der Waals surface area contributed by atoms with E-state index < -0.39 is 0 Å². The highest BCUT2D eigenvalue weighted by molar-refractivity contribution is 5.63. The fourth-order valence-electron chi connectivity index (χ4n) is 4.12. The fourth-order valence-corrected chi connectivity index (χ4v) is 4.12. The fraction of sp³-hybridized carbons (Fsp3) is 0.455. The monoisotopic (exact) mass is 351 g/mol. The summed E-state index contributed by atoms with van der Waals surface area (Å²) in [5.74, 6) is 0.488. The van der Waals surface area contributed by atoms with Crippen molar-refractivity contribution >= 4 is 11.4 Å². The Balaban J connectivity index is 1.60. The molecule has 2 aliphatic heterocycles. The molecule has 2 aliphatic rings. The van der Waals surface area contributed by atoms with Crippen LogP contribution in [0.25, 0.3) is 0 Å². The molecule has 4 rings (SSSR count). The Morgan fingerprint density at radius 1 is 0.731 bits per heavy atom. The number of anilines is 2. The molecule has 4 heteroatoms. The van der Waals surface area contributed by atoms with Gasteiger partial charge in [-0.2, -0.15) is 0 Å². The molecule has 2 fully saturated rings. The number of hydrogen-bond acceptors (Lipinski definition) is 4. The van der Waals surface area contributed by atoms with Crippen molar-refractivity contribution in [3.8, 4) is 5.75 Å². The Hall–Kier alpha value is -2.04. The van der Waals surface area contributed by atoms with E-state index in [2.05, 4.69) is 39.4 Å². The summed E-state index contributed by atoms with van der Waals surface area (Å²) in [6.07, 6.45) is 5.07. The Morgan fingerprint density at radius 2 is 1.23 bits per heavy atom. The molecule has 2 saturated heterocycles. The molecule has 2 N–H and O–H groups in total. The molecule has 26 heavy (non-hydrogen) atoms. The van der Waals surface area contributed by atoms with Gasteiger partial charge >= 0.3 is 0 Å². The first-order chi connectivity index (χ1) is 12.8. The van der Waals surface area contributed by atoms with Gasteiger partial charge in [-0.25, -0.2) is 0 Å². The maximum atomic E-state index is 10.9. The van der Waals surface area contributed by atoms with E-state index in [-0.39, 0.29) is 0 Å². The first-order valence-corrected chi connectivity index (χ1v) is 9.89. The van der Waals surface area contributed by atoms with Crippen LogP contribution in [0.5, 0.6) is 5.75 Å². The van der Waals surface area contributed by atoms with E-state index in [9.17, 15) is 5.11 Å². The van der Waals surface area contributed by atoms with Crippen LogP contribution >= 0.6 is 0 Å². The van der Waals surface area contributed by atoms with Gasteiger partial charge in [0.05, 0.1) is 0 Å². The molecule has 2 aromatic carbocycles. The molecule has 0 aliphatic carbocycles. The normalized spacial score (nSPS) is 18.5. The van der Waals surface area contributed by atoms with Crippen LogP contribution in [0, 0.1) is 0 Å². The molecule has 2 aromatic rings. The van der Waals surface area contributed by atoms with Crippen molar-refractivity contribution < 1.29 is 5.11 Å². The summed E-state index contributed by atoms with van der Waals surface area (Å²) in [5.41, 5.74) is 4.24. The third-order valence-corrected chi connectivity index (χ3v) is 5.52. The summed E-state index contributed by atoms with van der Waals surface area (Å²) >= 11 is 0. The van der Waals surface area contributed by atoms with Crippen molar-refractivity contribution in [1.29, 1.82) is 0 Å². The third-order valence-electron chi connectivity index (χ3n) is 5.52. The van der Waals surface area contributed by atoms with Crippen LogP contribution in [0.15, 0.2) is 42.5 Å². The highest BCUT2D eigenvalue weighted by atomic mass is 16.3. The molecular formula is C22H29N3O. The van der Waals surface area contributed by atoms with Crippen LogP contribution in [-0.2, 0) is 13.1 Å². The summed E-state index contributed by atoms with van der Waals surface area (Å²) in [7, 11) is 0. The summed E-state index contributed by atoms with van der Waals surface area (Å²) in [4.78, 5) is 4.89. The van der Waals surface area contributed by atoms with Crippen molar-refractivity contribution in [3.05, 3.63) is 53.6 Å². The largest absolute Gasteiger partial charge is 0.507 e. The van der Waals surface area contributed by atoms with E-state index in [0.29, 0.717) is 5.75 Å². The molecule has 0 spiro atoms. The summed E-state index contributed by atoms with van der Waals surface area (Å²) in [6.45, 7) is 6.22. The highest BCUT2D eigenvalue weighted by Crippen LogP contribution is 2.32. The average Bonchev–Trinajstić information content (AvgIpc) is 3.34. The number of phenolic OH excluding ortho intramolecular Hbond substituents is 1. The van der Waals surface area contributed by atoms with Gasteiger partial charge in [0.2, 0.25) is 0 Å². The molecule has 2 heterocycles. The SMILES string of the molecule is Oc1c(CN2CCCC2)cc(Nc2ccccc2)cc1CN1CCCC1. The minimum absolute atomic E-state index is 0.488. The Bertz CT molecular complexity index is 680. The molecule has 138 valence electrons. The lowest BCUT2D eigenvalue weighted by Gasteiger charge is -2.21. The van der Waals surface area contributed by atoms with Crippen molar-refractivity contribution in [3.63, 3.8) is 0 Å². The number of nitrogens with one attached hydrogen (secondary N) is 1. The molecule has 0 aromatic heterocycles. The average molecular weight is 351 g/mol. The van der Waals surface area contributed by atoms with Gasteiger partial charge in [-0.15, -0.1) is 0 Å².